The van der Waals surface area contributed by atoms with Gasteiger partial charge in [-0.1, -0.05) is 11.6 Å². The van der Waals surface area contributed by atoms with Crippen LogP contribution in [-0.2, 0) is 0 Å². The first-order valence-electron chi connectivity index (χ1n) is 6.57. The van der Waals surface area contributed by atoms with Crippen LogP contribution in [0.3, 0.4) is 0 Å². The largest absolute Gasteiger partial charge is 0.461 e. The monoisotopic (exact) mass is 311 g/mol. The van der Waals surface area contributed by atoms with Crippen LogP contribution in [0.2, 0.25) is 5.02 Å². The van der Waals surface area contributed by atoms with Gasteiger partial charge in [0, 0.05) is 16.6 Å². The van der Waals surface area contributed by atoms with Crippen molar-refractivity contribution in [3.05, 3.63) is 53.9 Å². The maximum absolute atomic E-state index is 5.99. The van der Waals surface area contributed by atoms with Gasteiger partial charge in [0.1, 0.15) is 0 Å². The molecular formula is C15H10ClN5O. The molecule has 3 heterocycles. The lowest BCUT2D eigenvalue weighted by Crippen LogP contribution is -1.94. The summed E-state index contributed by atoms with van der Waals surface area (Å²) >= 11 is 5.99. The van der Waals surface area contributed by atoms with Gasteiger partial charge in [-0.25, -0.2) is 0 Å². The molecule has 0 aliphatic heterocycles. The number of fused-ring (bicyclic) bond motifs is 1. The first kappa shape index (κ1) is 12.8. The van der Waals surface area contributed by atoms with Crippen LogP contribution in [0.4, 0.5) is 11.6 Å². The molecule has 0 bridgehead atoms. The zero-order valence-corrected chi connectivity index (χ0v) is 12.0. The van der Waals surface area contributed by atoms with Crippen molar-refractivity contribution in [1.29, 1.82) is 0 Å². The van der Waals surface area contributed by atoms with Crippen molar-refractivity contribution in [1.82, 2.24) is 20.2 Å². The molecule has 2 N–H and O–H groups in total. The first-order valence-corrected chi connectivity index (χ1v) is 6.95. The van der Waals surface area contributed by atoms with E-state index in [4.69, 9.17) is 16.0 Å². The molecule has 0 spiro atoms. The number of furan rings is 1. The summed E-state index contributed by atoms with van der Waals surface area (Å²) in [5.74, 6) is 1.65. The van der Waals surface area contributed by atoms with Crippen molar-refractivity contribution in [3.8, 4) is 11.6 Å². The van der Waals surface area contributed by atoms with E-state index in [1.165, 1.54) is 0 Å². The molecule has 0 aliphatic carbocycles. The molecule has 1 aromatic carbocycles. The maximum atomic E-state index is 5.99. The van der Waals surface area contributed by atoms with Gasteiger partial charge in [0.25, 0.3) is 0 Å². The molecule has 3 aromatic heterocycles. The molecule has 0 atom stereocenters. The van der Waals surface area contributed by atoms with Crippen LogP contribution >= 0.6 is 11.6 Å². The Labute approximate surface area is 130 Å². The Hall–Kier alpha value is -2.86. The molecule has 108 valence electrons. The summed E-state index contributed by atoms with van der Waals surface area (Å²) in [6.45, 7) is 0. The lowest BCUT2D eigenvalue weighted by molar-refractivity contribution is 0.577. The normalized spacial score (nSPS) is 11.0. The van der Waals surface area contributed by atoms with Crippen molar-refractivity contribution in [3.63, 3.8) is 0 Å². The minimum absolute atomic E-state index is 0.453. The standard InChI is InChI=1S/C15H10ClN5O/c16-9-3-4-10-11(5-6-17-12(10)8-9)18-15-19-14(20-21-15)13-2-1-7-22-13/h1-8H,(H2,17,18,19,20,21). The van der Waals surface area contributed by atoms with Crippen molar-refractivity contribution >= 4 is 34.1 Å². The Bertz CT molecular complexity index is 932. The summed E-state index contributed by atoms with van der Waals surface area (Å²) in [6, 6.07) is 11.0. The molecule has 0 saturated carbocycles. The van der Waals surface area contributed by atoms with Crippen LogP contribution in [0.1, 0.15) is 0 Å². The van der Waals surface area contributed by atoms with Gasteiger partial charge in [-0.2, -0.15) is 4.98 Å². The zero-order valence-electron chi connectivity index (χ0n) is 11.2. The van der Waals surface area contributed by atoms with Crippen molar-refractivity contribution in [2.45, 2.75) is 0 Å². The Morgan fingerprint density at radius 3 is 3.00 bits per heavy atom. The number of H-pyrrole nitrogens is 1. The fourth-order valence-electron chi connectivity index (χ4n) is 2.19. The highest BCUT2D eigenvalue weighted by Gasteiger charge is 2.09. The molecule has 4 rings (SSSR count). The predicted molar refractivity (Wildman–Crippen MR) is 84.1 cm³/mol. The van der Waals surface area contributed by atoms with Gasteiger partial charge in [0.05, 0.1) is 17.5 Å². The quantitative estimate of drug-likeness (QED) is 0.597. The Morgan fingerprint density at radius 2 is 2.14 bits per heavy atom. The third-order valence-electron chi connectivity index (χ3n) is 3.19. The number of rotatable bonds is 3. The Morgan fingerprint density at radius 1 is 1.18 bits per heavy atom. The number of pyridine rings is 1. The van der Waals surface area contributed by atoms with Gasteiger partial charge in [-0.3, -0.25) is 10.1 Å². The maximum Gasteiger partial charge on any atom is 0.246 e. The number of aromatic amines is 1. The van der Waals surface area contributed by atoms with E-state index in [-0.39, 0.29) is 0 Å². The van der Waals surface area contributed by atoms with Crippen LogP contribution < -0.4 is 5.32 Å². The van der Waals surface area contributed by atoms with E-state index >= 15 is 0 Å². The van der Waals surface area contributed by atoms with E-state index in [1.807, 2.05) is 30.3 Å². The van der Waals surface area contributed by atoms with Crippen LogP contribution in [0.5, 0.6) is 0 Å². The molecule has 0 radical (unpaired) electrons. The highest BCUT2D eigenvalue weighted by molar-refractivity contribution is 6.31. The lowest BCUT2D eigenvalue weighted by atomic mass is 10.2. The fourth-order valence-corrected chi connectivity index (χ4v) is 2.36. The Balaban J connectivity index is 1.69. The van der Waals surface area contributed by atoms with Crippen LogP contribution in [0, 0.1) is 0 Å². The van der Waals surface area contributed by atoms with E-state index in [0.29, 0.717) is 22.6 Å². The number of benzene rings is 1. The summed E-state index contributed by atoms with van der Waals surface area (Å²) < 4.78 is 5.28. The average molecular weight is 312 g/mol. The second-order valence-electron chi connectivity index (χ2n) is 4.63. The molecule has 0 saturated heterocycles. The molecule has 0 aliphatic rings. The number of halogens is 1. The van der Waals surface area contributed by atoms with E-state index in [2.05, 4.69) is 25.5 Å². The van der Waals surface area contributed by atoms with Gasteiger partial charge >= 0.3 is 0 Å². The Kier molecular flexibility index (Phi) is 3.01. The molecule has 4 aromatic rings. The van der Waals surface area contributed by atoms with Gasteiger partial charge in [0.15, 0.2) is 11.6 Å². The number of aromatic nitrogens is 4. The van der Waals surface area contributed by atoms with Crippen LogP contribution in [-0.4, -0.2) is 20.2 Å². The summed E-state index contributed by atoms with van der Waals surface area (Å²) in [4.78, 5) is 8.66. The number of hydrogen-bond donors (Lipinski definition) is 2. The highest BCUT2D eigenvalue weighted by atomic mass is 35.5. The van der Waals surface area contributed by atoms with Gasteiger partial charge in [0.2, 0.25) is 5.95 Å². The molecule has 0 unspecified atom stereocenters. The third kappa shape index (κ3) is 2.29. The topological polar surface area (TPSA) is 79.6 Å². The van der Waals surface area contributed by atoms with Gasteiger partial charge in [-0.15, -0.1) is 5.10 Å². The van der Waals surface area contributed by atoms with Crippen molar-refractivity contribution < 1.29 is 4.42 Å². The second kappa shape index (κ2) is 5.16. The van der Waals surface area contributed by atoms with Crippen LogP contribution in [0.15, 0.2) is 53.3 Å². The summed E-state index contributed by atoms with van der Waals surface area (Å²) in [7, 11) is 0. The second-order valence-corrected chi connectivity index (χ2v) is 5.07. The number of hydrogen-bond acceptors (Lipinski definition) is 5. The molecule has 0 fully saturated rings. The zero-order chi connectivity index (χ0) is 14.9. The molecule has 6 nitrogen and oxygen atoms in total. The number of nitrogens with zero attached hydrogens (tertiary/aromatic N) is 3. The molecule has 7 heteroatoms. The van der Waals surface area contributed by atoms with E-state index in [9.17, 15) is 0 Å². The molecule has 22 heavy (non-hydrogen) atoms. The molecular weight excluding hydrogens is 302 g/mol. The number of nitrogens with one attached hydrogen (secondary N) is 2. The average Bonchev–Trinajstić information content (AvgIpc) is 3.18. The van der Waals surface area contributed by atoms with Crippen LogP contribution in [0.25, 0.3) is 22.5 Å². The smallest absolute Gasteiger partial charge is 0.246 e. The van der Waals surface area contributed by atoms with E-state index in [0.717, 1.165) is 16.6 Å². The minimum Gasteiger partial charge on any atom is -0.461 e. The van der Waals surface area contributed by atoms with Gasteiger partial charge in [-0.05, 0) is 36.4 Å². The summed E-state index contributed by atoms with van der Waals surface area (Å²) in [5.41, 5.74) is 1.66. The first-order chi connectivity index (χ1) is 10.8. The van der Waals surface area contributed by atoms with Crippen molar-refractivity contribution in [2.24, 2.45) is 0 Å². The SMILES string of the molecule is Clc1ccc2c(Nc3n[nH]c(-c4ccco4)n3)ccnc2c1. The summed E-state index contributed by atoms with van der Waals surface area (Å²) in [6.07, 6.45) is 3.30. The fraction of sp³-hybridized carbons (Fsp3) is 0. The van der Waals surface area contributed by atoms with Gasteiger partial charge < -0.3 is 9.73 Å². The minimum atomic E-state index is 0.453. The molecule has 0 amide bonds. The van der Waals surface area contributed by atoms with Crippen molar-refractivity contribution in [2.75, 3.05) is 5.32 Å². The number of anilines is 2. The van der Waals surface area contributed by atoms with E-state index in [1.54, 1.807) is 18.5 Å². The third-order valence-corrected chi connectivity index (χ3v) is 3.43. The summed E-state index contributed by atoms with van der Waals surface area (Å²) in [5, 5.41) is 11.7. The predicted octanol–water partition coefficient (Wildman–Crippen LogP) is 4.01. The van der Waals surface area contributed by atoms with E-state index < -0.39 is 0 Å². The highest BCUT2D eigenvalue weighted by Crippen LogP contribution is 2.26. The lowest BCUT2D eigenvalue weighted by Gasteiger charge is -2.06.